The molecule has 0 aliphatic rings. The Morgan fingerprint density at radius 2 is 1.36 bits per heavy atom. The van der Waals surface area contributed by atoms with E-state index >= 15 is 0 Å². The van der Waals surface area contributed by atoms with Crippen molar-refractivity contribution in [1.29, 1.82) is 0 Å². The molecule has 0 heterocycles. The molecule has 0 saturated carbocycles. The van der Waals surface area contributed by atoms with Crippen molar-refractivity contribution in [1.82, 2.24) is 0 Å². The highest BCUT2D eigenvalue weighted by atomic mass is 16.5. The molecule has 1 nitrogen and oxygen atoms in total. The van der Waals surface area contributed by atoms with Crippen LogP contribution in [0.25, 0.3) is 0 Å². The average Bonchev–Trinajstić information content (AvgIpc) is 2.51. The Morgan fingerprint density at radius 1 is 0.800 bits per heavy atom. The minimum Gasteiger partial charge on any atom is -0.497 e. The summed E-state index contributed by atoms with van der Waals surface area (Å²) in [5.74, 6) is 2.41. The van der Waals surface area contributed by atoms with Crippen LogP contribution in [-0.2, 0) is 12.8 Å². The molecule has 0 aliphatic heterocycles. The SMILES string of the molecule is COc1cccc(CC(C)C)c1.Cc1cc(C)c(CC(C)C)c(C)c1. The zero-order valence-corrected chi connectivity index (χ0v) is 17.4. The predicted octanol–water partition coefficient (Wildman–Crippen LogP) is 6.70. The predicted molar refractivity (Wildman–Crippen MR) is 111 cm³/mol. The maximum Gasteiger partial charge on any atom is 0.119 e. The lowest BCUT2D eigenvalue weighted by atomic mass is 9.93. The molecule has 2 rings (SSSR count). The summed E-state index contributed by atoms with van der Waals surface area (Å²) in [6.45, 7) is 15.6. The number of rotatable bonds is 5. The summed E-state index contributed by atoms with van der Waals surface area (Å²) in [5, 5.41) is 0. The zero-order chi connectivity index (χ0) is 19.0. The first kappa shape index (κ1) is 21.3. The van der Waals surface area contributed by atoms with Crippen molar-refractivity contribution in [3.63, 3.8) is 0 Å². The Kier molecular flexibility index (Phi) is 8.75. The van der Waals surface area contributed by atoms with Gasteiger partial charge in [0, 0.05) is 0 Å². The molecular weight excluding hydrogens is 304 g/mol. The van der Waals surface area contributed by atoms with E-state index in [-0.39, 0.29) is 0 Å². The lowest BCUT2D eigenvalue weighted by Crippen LogP contribution is -2.00. The Labute approximate surface area is 155 Å². The average molecular weight is 341 g/mol. The molecule has 2 aromatic rings. The molecule has 0 atom stereocenters. The molecule has 0 spiro atoms. The lowest BCUT2D eigenvalue weighted by Gasteiger charge is -2.13. The molecule has 0 N–H and O–H groups in total. The van der Waals surface area contributed by atoms with E-state index in [1.165, 1.54) is 28.7 Å². The topological polar surface area (TPSA) is 9.23 Å². The van der Waals surface area contributed by atoms with Gasteiger partial charge in [-0.25, -0.2) is 0 Å². The van der Waals surface area contributed by atoms with Crippen LogP contribution in [0.5, 0.6) is 5.75 Å². The fourth-order valence-corrected chi connectivity index (χ4v) is 3.21. The van der Waals surface area contributed by atoms with Crippen LogP contribution in [0.4, 0.5) is 0 Å². The van der Waals surface area contributed by atoms with E-state index in [2.05, 4.69) is 72.7 Å². The lowest BCUT2D eigenvalue weighted by molar-refractivity contribution is 0.414. The van der Waals surface area contributed by atoms with Gasteiger partial charge in [0.2, 0.25) is 0 Å². The summed E-state index contributed by atoms with van der Waals surface area (Å²) in [6.07, 6.45) is 2.33. The van der Waals surface area contributed by atoms with Crippen molar-refractivity contribution < 1.29 is 4.74 Å². The highest BCUT2D eigenvalue weighted by molar-refractivity contribution is 5.37. The second-order valence-corrected chi connectivity index (χ2v) is 7.92. The van der Waals surface area contributed by atoms with Gasteiger partial charge in [-0.2, -0.15) is 0 Å². The summed E-state index contributed by atoms with van der Waals surface area (Å²) in [4.78, 5) is 0. The fourth-order valence-electron chi connectivity index (χ4n) is 3.21. The highest BCUT2D eigenvalue weighted by Gasteiger charge is 2.05. The van der Waals surface area contributed by atoms with Crippen LogP contribution in [0.2, 0.25) is 0 Å². The summed E-state index contributed by atoms with van der Waals surface area (Å²) in [5.41, 5.74) is 7.17. The van der Waals surface area contributed by atoms with Gasteiger partial charge < -0.3 is 4.74 Å². The van der Waals surface area contributed by atoms with E-state index in [1.807, 2.05) is 12.1 Å². The Balaban J connectivity index is 0.000000251. The number of aryl methyl sites for hydroxylation is 3. The van der Waals surface area contributed by atoms with E-state index in [0.717, 1.165) is 18.1 Å². The molecule has 0 radical (unpaired) electrons. The largest absolute Gasteiger partial charge is 0.497 e. The number of hydrogen-bond acceptors (Lipinski definition) is 1. The van der Waals surface area contributed by atoms with Crippen molar-refractivity contribution in [2.45, 2.75) is 61.3 Å². The molecule has 0 fully saturated rings. The maximum absolute atomic E-state index is 5.14. The van der Waals surface area contributed by atoms with Crippen LogP contribution in [0.1, 0.15) is 55.5 Å². The molecule has 1 heteroatoms. The summed E-state index contributed by atoms with van der Waals surface area (Å²) < 4.78 is 5.14. The van der Waals surface area contributed by atoms with Gasteiger partial charge in [-0.05, 0) is 79.8 Å². The first-order valence-electron chi connectivity index (χ1n) is 9.42. The Hall–Kier alpha value is -1.76. The molecule has 0 aliphatic carbocycles. The van der Waals surface area contributed by atoms with Crippen LogP contribution in [0.15, 0.2) is 36.4 Å². The normalized spacial score (nSPS) is 10.6. The van der Waals surface area contributed by atoms with E-state index in [9.17, 15) is 0 Å². The maximum atomic E-state index is 5.14. The molecule has 2 aromatic carbocycles. The smallest absolute Gasteiger partial charge is 0.119 e. The van der Waals surface area contributed by atoms with Crippen LogP contribution in [-0.4, -0.2) is 7.11 Å². The van der Waals surface area contributed by atoms with Crippen LogP contribution in [0, 0.1) is 32.6 Å². The molecule has 138 valence electrons. The van der Waals surface area contributed by atoms with E-state index < -0.39 is 0 Å². The van der Waals surface area contributed by atoms with E-state index in [0.29, 0.717) is 5.92 Å². The first-order valence-corrected chi connectivity index (χ1v) is 9.42. The monoisotopic (exact) mass is 340 g/mol. The van der Waals surface area contributed by atoms with Gasteiger partial charge in [0.1, 0.15) is 5.75 Å². The highest BCUT2D eigenvalue weighted by Crippen LogP contribution is 2.19. The van der Waals surface area contributed by atoms with E-state index in [1.54, 1.807) is 12.7 Å². The second kappa shape index (κ2) is 10.3. The van der Waals surface area contributed by atoms with Gasteiger partial charge in [0.25, 0.3) is 0 Å². The molecular formula is C24H36O. The van der Waals surface area contributed by atoms with Crippen molar-refractivity contribution in [3.05, 3.63) is 64.2 Å². The van der Waals surface area contributed by atoms with Crippen LogP contribution < -0.4 is 4.74 Å². The molecule has 0 bridgehead atoms. The summed E-state index contributed by atoms with van der Waals surface area (Å²) in [6, 6.07) is 12.8. The van der Waals surface area contributed by atoms with Gasteiger partial charge in [-0.15, -0.1) is 0 Å². The van der Waals surface area contributed by atoms with Crippen molar-refractivity contribution >= 4 is 0 Å². The van der Waals surface area contributed by atoms with Crippen molar-refractivity contribution in [3.8, 4) is 5.75 Å². The number of benzene rings is 2. The minimum atomic E-state index is 0.706. The molecule has 0 saturated heterocycles. The van der Waals surface area contributed by atoms with E-state index in [4.69, 9.17) is 4.74 Å². The fraction of sp³-hybridized carbons (Fsp3) is 0.500. The Morgan fingerprint density at radius 3 is 1.84 bits per heavy atom. The third kappa shape index (κ3) is 7.77. The van der Waals surface area contributed by atoms with Crippen molar-refractivity contribution in [2.24, 2.45) is 11.8 Å². The van der Waals surface area contributed by atoms with Gasteiger partial charge >= 0.3 is 0 Å². The third-order valence-electron chi connectivity index (χ3n) is 4.23. The quantitative estimate of drug-likeness (QED) is 0.588. The summed E-state index contributed by atoms with van der Waals surface area (Å²) >= 11 is 0. The van der Waals surface area contributed by atoms with Gasteiger partial charge in [0.15, 0.2) is 0 Å². The van der Waals surface area contributed by atoms with Gasteiger partial charge in [-0.1, -0.05) is 57.5 Å². The number of hydrogen-bond donors (Lipinski definition) is 0. The number of methoxy groups -OCH3 is 1. The van der Waals surface area contributed by atoms with Gasteiger partial charge in [0.05, 0.1) is 7.11 Å². The minimum absolute atomic E-state index is 0.706. The molecule has 0 aromatic heterocycles. The number of ether oxygens (including phenoxy) is 1. The van der Waals surface area contributed by atoms with Crippen LogP contribution >= 0.6 is 0 Å². The standard InChI is InChI=1S/C13H20.C11H16O/c1-9(2)6-13-11(4)7-10(3)8-12(13)5;1-9(2)7-10-5-4-6-11(8-10)12-3/h7-9H,6H2,1-5H3;4-6,8-9H,7H2,1-3H3. The van der Waals surface area contributed by atoms with Crippen molar-refractivity contribution in [2.75, 3.05) is 7.11 Å². The van der Waals surface area contributed by atoms with Gasteiger partial charge in [-0.3, -0.25) is 0 Å². The van der Waals surface area contributed by atoms with Crippen LogP contribution in [0.3, 0.4) is 0 Å². The Bertz CT molecular complexity index is 630. The third-order valence-corrected chi connectivity index (χ3v) is 4.23. The first-order chi connectivity index (χ1) is 11.7. The summed E-state index contributed by atoms with van der Waals surface area (Å²) in [7, 11) is 1.70. The second-order valence-electron chi connectivity index (χ2n) is 7.92. The molecule has 0 amide bonds. The molecule has 25 heavy (non-hydrogen) atoms. The molecule has 0 unspecified atom stereocenters. The zero-order valence-electron chi connectivity index (χ0n) is 17.4.